The molecule has 0 aliphatic carbocycles. The van der Waals surface area contributed by atoms with Crippen LogP contribution in [0.1, 0.15) is 17.5 Å². The molecule has 0 amide bonds. The number of aryl methyl sites for hydroxylation is 1. The van der Waals surface area contributed by atoms with Crippen LogP contribution in [-0.2, 0) is 12.8 Å². The van der Waals surface area contributed by atoms with E-state index in [1.165, 1.54) is 6.07 Å². The van der Waals surface area contributed by atoms with Gasteiger partial charge < -0.3 is 5.11 Å². The van der Waals surface area contributed by atoms with Gasteiger partial charge in [0.15, 0.2) is 0 Å². The molecule has 0 saturated heterocycles. The summed E-state index contributed by atoms with van der Waals surface area (Å²) in [5.74, 6) is -0.250. The fourth-order valence-electron chi connectivity index (χ4n) is 1.90. The van der Waals surface area contributed by atoms with Crippen LogP contribution in [0.3, 0.4) is 0 Å². The highest BCUT2D eigenvalue weighted by atomic mass is 19.1. The van der Waals surface area contributed by atoms with Gasteiger partial charge in [0.05, 0.1) is 6.10 Å². The normalized spacial score (nSPS) is 12.3. The highest BCUT2D eigenvalue weighted by Gasteiger charge is 2.09. The van der Waals surface area contributed by atoms with Crippen LogP contribution in [0, 0.1) is 5.82 Å². The van der Waals surface area contributed by atoms with Crippen LogP contribution in [0.4, 0.5) is 4.39 Å². The van der Waals surface area contributed by atoms with Crippen LogP contribution < -0.4 is 0 Å². The predicted octanol–water partition coefficient (Wildman–Crippen LogP) is 2.76. The first-order chi connectivity index (χ1) is 8.75. The Balaban J connectivity index is 1.86. The molecule has 1 aromatic carbocycles. The summed E-state index contributed by atoms with van der Waals surface area (Å²) in [6, 6.07) is 10.4. The molecule has 0 aliphatic heterocycles. The molecular weight excluding hydrogens is 229 g/mol. The van der Waals surface area contributed by atoms with E-state index < -0.39 is 6.10 Å². The van der Waals surface area contributed by atoms with E-state index >= 15 is 0 Å². The van der Waals surface area contributed by atoms with Gasteiger partial charge in [-0.05, 0) is 42.2 Å². The number of rotatable bonds is 5. The van der Waals surface area contributed by atoms with Gasteiger partial charge in [0.2, 0.25) is 0 Å². The van der Waals surface area contributed by atoms with Crippen LogP contribution in [0.25, 0.3) is 0 Å². The number of aromatic nitrogens is 1. The topological polar surface area (TPSA) is 33.1 Å². The molecule has 2 nitrogen and oxygen atoms in total. The maximum absolute atomic E-state index is 13.4. The molecule has 3 heteroatoms. The van der Waals surface area contributed by atoms with Crippen molar-refractivity contribution in [1.29, 1.82) is 0 Å². The Morgan fingerprint density at radius 3 is 2.56 bits per heavy atom. The largest absolute Gasteiger partial charge is 0.393 e. The third-order valence-corrected chi connectivity index (χ3v) is 2.93. The van der Waals surface area contributed by atoms with Crippen LogP contribution in [0.2, 0.25) is 0 Å². The molecule has 1 aromatic heterocycles. The van der Waals surface area contributed by atoms with Crippen molar-refractivity contribution in [1.82, 2.24) is 4.98 Å². The summed E-state index contributed by atoms with van der Waals surface area (Å²) in [7, 11) is 0. The summed E-state index contributed by atoms with van der Waals surface area (Å²) >= 11 is 0. The number of halogens is 1. The summed E-state index contributed by atoms with van der Waals surface area (Å²) in [5, 5.41) is 9.91. The van der Waals surface area contributed by atoms with Gasteiger partial charge in [0.1, 0.15) is 5.82 Å². The molecule has 2 rings (SSSR count). The van der Waals surface area contributed by atoms with E-state index in [9.17, 15) is 9.50 Å². The fraction of sp³-hybridized carbons (Fsp3) is 0.267. The third kappa shape index (κ3) is 3.64. The number of hydrogen-bond donors (Lipinski definition) is 1. The lowest BCUT2D eigenvalue weighted by Gasteiger charge is -2.11. The summed E-state index contributed by atoms with van der Waals surface area (Å²) < 4.78 is 13.4. The molecular formula is C15H16FNO. The molecule has 94 valence electrons. The van der Waals surface area contributed by atoms with E-state index in [1.54, 1.807) is 30.6 Å². The van der Waals surface area contributed by atoms with Crippen molar-refractivity contribution < 1.29 is 9.50 Å². The minimum Gasteiger partial charge on any atom is -0.393 e. The standard InChI is InChI=1S/C15H16FNO/c16-15-4-2-1-3-13(15)11-14(18)6-5-12-7-9-17-10-8-12/h1-4,7-10,14,18H,5-6,11H2. The second-order valence-electron chi connectivity index (χ2n) is 4.34. The smallest absolute Gasteiger partial charge is 0.126 e. The number of benzene rings is 1. The highest BCUT2D eigenvalue weighted by Crippen LogP contribution is 2.12. The molecule has 0 bridgehead atoms. The minimum atomic E-state index is -0.518. The summed E-state index contributed by atoms with van der Waals surface area (Å²) in [6.07, 6.45) is 4.71. The Morgan fingerprint density at radius 1 is 1.11 bits per heavy atom. The Labute approximate surface area is 106 Å². The number of nitrogens with zero attached hydrogens (tertiary/aromatic N) is 1. The van der Waals surface area contributed by atoms with Gasteiger partial charge in [-0.2, -0.15) is 0 Å². The molecule has 1 heterocycles. The lowest BCUT2D eigenvalue weighted by molar-refractivity contribution is 0.164. The lowest BCUT2D eigenvalue weighted by atomic mass is 10.0. The van der Waals surface area contributed by atoms with Crippen LogP contribution in [-0.4, -0.2) is 16.2 Å². The first-order valence-corrected chi connectivity index (χ1v) is 6.06. The van der Waals surface area contributed by atoms with Crippen molar-refractivity contribution in [2.75, 3.05) is 0 Å². The van der Waals surface area contributed by atoms with Gasteiger partial charge in [0, 0.05) is 18.8 Å². The minimum absolute atomic E-state index is 0.250. The van der Waals surface area contributed by atoms with Gasteiger partial charge in [0.25, 0.3) is 0 Å². The van der Waals surface area contributed by atoms with Crippen LogP contribution >= 0.6 is 0 Å². The van der Waals surface area contributed by atoms with Crippen LogP contribution in [0.5, 0.6) is 0 Å². The maximum Gasteiger partial charge on any atom is 0.126 e. The van der Waals surface area contributed by atoms with Gasteiger partial charge >= 0.3 is 0 Å². The first-order valence-electron chi connectivity index (χ1n) is 6.06. The monoisotopic (exact) mass is 245 g/mol. The molecule has 0 radical (unpaired) electrons. The van der Waals surface area contributed by atoms with Crippen molar-refractivity contribution in [3.63, 3.8) is 0 Å². The average Bonchev–Trinajstić information content (AvgIpc) is 2.40. The average molecular weight is 245 g/mol. The molecule has 1 unspecified atom stereocenters. The molecule has 0 fully saturated rings. The van der Waals surface area contributed by atoms with Crippen molar-refractivity contribution in [2.45, 2.75) is 25.4 Å². The first kappa shape index (κ1) is 12.7. The van der Waals surface area contributed by atoms with E-state index in [0.29, 0.717) is 18.4 Å². The third-order valence-electron chi connectivity index (χ3n) is 2.93. The predicted molar refractivity (Wildman–Crippen MR) is 68.7 cm³/mol. The zero-order chi connectivity index (χ0) is 12.8. The van der Waals surface area contributed by atoms with Crippen molar-refractivity contribution >= 4 is 0 Å². The molecule has 2 aromatic rings. The molecule has 0 spiro atoms. The van der Waals surface area contributed by atoms with Crippen LogP contribution in [0.15, 0.2) is 48.8 Å². The summed E-state index contributed by atoms with van der Waals surface area (Å²) in [5.41, 5.74) is 1.71. The van der Waals surface area contributed by atoms with Crippen molar-refractivity contribution in [3.05, 3.63) is 65.7 Å². The van der Waals surface area contributed by atoms with Crippen molar-refractivity contribution in [2.24, 2.45) is 0 Å². The lowest BCUT2D eigenvalue weighted by Crippen LogP contribution is -2.12. The summed E-state index contributed by atoms with van der Waals surface area (Å²) in [6.45, 7) is 0. The molecule has 0 aliphatic rings. The van der Waals surface area contributed by atoms with E-state index in [2.05, 4.69) is 4.98 Å². The van der Waals surface area contributed by atoms with E-state index in [1.807, 2.05) is 12.1 Å². The summed E-state index contributed by atoms with van der Waals surface area (Å²) in [4.78, 5) is 3.94. The number of aliphatic hydroxyl groups excluding tert-OH is 1. The molecule has 18 heavy (non-hydrogen) atoms. The Hall–Kier alpha value is -1.74. The molecule has 1 N–H and O–H groups in total. The SMILES string of the molecule is OC(CCc1ccncc1)Cc1ccccc1F. The Bertz CT molecular complexity index is 487. The number of aliphatic hydroxyl groups is 1. The zero-order valence-electron chi connectivity index (χ0n) is 10.1. The van der Waals surface area contributed by atoms with E-state index in [0.717, 1.165) is 12.0 Å². The zero-order valence-corrected chi connectivity index (χ0v) is 10.1. The number of pyridine rings is 1. The fourth-order valence-corrected chi connectivity index (χ4v) is 1.90. The maximum atomic E-state index is 13.4. The number of hydrogen-bond acceptors (Lipinski definition) is 2. The van der Waals surface area contributed by atoms with Gasteiger partial charge in [-0.3, -0.25) is 4.98 Å². The quantitative estimate of drug-likeness (QED) is 0.878. The highest BCUT2D eigenvalue weighted by molar-refractivity contribution is 5.18. The Morgan fingerprint density at radius 2 is 1.83 bits per heavy atom. The molecule has 1 atom stereocenters. The van der Waals surface area contributed by atoms with Gasteiger partial charge in [-0.25, -0.2) is 4.39 Å². The van der Waals surface area contributed by atoms with E-state index in [4.69, 9.17) is 0 Å². The van der Waals surface area contributed by atoms with E-state index in [-0.39, 0.29) is 5.82 Å². The Kier molecular flexibility index (Phi) is 4.42. The molecule has 0 saturated carbocycles. The second-order valence-corrected chi connectivity index (χ2v) is 4.34. The van der Waals surface area contributed by atoms with Crippen molar-refractivity contribution in [3.8, 4) is 0 Å². The second kappa shape index (κ2) is 6.26. The van der Waals surface area contributed by atoms with Gasteiger partial charge in [-0.1, -0.05) is 18.2 Å². The van der Waals surface area contributed by atoms with Gasteiger partial charge in [-0.15, -0.1) is 0 Å².